The molecule has 0 atom stereocenters. The Hall–Kier alpha value is -1.63. The van der Waals surface area contributed by atoms with Gasteiger partial charge in [0.25, 0.3) is 0 Å². The van der Waals surface area contributed by atoms with Crippen LogP contribution < -0.4 is 5.73 Å². The van der Waals surface area contributed by atoms with E-state index < -0.39 is 5.97 Å². The molecule has 1 heterocycles. The van der Waals surface area contributed by atoms with Gasteiger partial charge in [0, 0.05) is 5.38 Å². The molecule has 17 heavy (non-hydrogen) atoms. The quantitative estimate of drug-likeness (QED) is 0.627. The highest BCUT2D eigenvalue weighted by molar-refractivity contribution is 7.13. The van der Waals surface area contributed by atoms with Crippen LogP contribution in [0.15, 0.2) is 10.5 Å². The zero-order chi connectivity index (χ0) is 12.3. The van der Waals surface area contributed by atoms with E-state index in [1.165, 1.54) is 11.3 Å². The second-order valence-corrected chi connectivity index (χ2v) is 4.72. The fraction of sp³-hybridized carbons (Fsp3) is 0.500. The van der Waals surface area contributed by atoms with E-state index in [1.807, 2.05) is 0 Å². The molecule has 0 saturated heterocycles. The second kappa shape index (κ2) is 5.13. The Morgan fingerprint density at radius 1 is 1.59 bits per heavy atom. The third-order valence-corrected chi connectivity index (χ3v) is 3.24. The van der Waals surface area contributed by atoms with E-state index in [4.69, 9.17) is 15.7 Å². The average molecular weight is 255 g/mol. The van der Waals surface area contributed by atoms with E-state index in [2.05, 4.69) is 10.1 Å². The zero-order valence-corrected chi connectivity index (χ0v) is 9.94. The van der Waals surface area contributed by atoms with Crippen molar-refractivity contribution in [1.29, 1.82) is 0 Å². The predicted octanol–water partition coefficient (Wildman–Crippen LogP) is 1.47. The van der Waals surface area contributed by atoms with Crippen molar-refractivity contribution in [2.75, 3.05) is 5.73 Å². The lowest BCUT2D eigenvalue weighted by molar-refractivity contribution is -0.129. The van der Waals surface area contributed by atoms with E-state index in [0.717, 1.165) is 25.7 Å². The van der Waals surface area contributed by atoms with E-state index in [-0.39, 0.29) is 17.5 Å². The maximum absolute atomic E-state index is 11.0. The molecule has 6 nitrogen and oxygen atoms in total. The van der Waals surface area contributed by atoms with Gasteiger partial charge in [-0.3, -0.25) is 0 Å². The van der Waals surface area contributed by atoms with Crippen LogP contribution in [0.5, 0.6) is 0 Å². The molecule has 0 bridgehead atoms. The summed E-state index contributed by atoms with van der Waals surface area (Å²) in [5.41, 5.74) is 5.51. The van der Waals surface area contributed by atoms with Gasteiger partial charge in [-0.05, 0) is 25.7 Å². The molecule has 1 aliphatic rings. The van der Waals surface area contributed by atoms with Gasteiger partial charge in [0.15, 0.2) is 5.13 Å². The van der Waals surface area contributed by atoms with Crippen LogP contribution in [-0.2, 0) is 9.63 Å². The summed E-state index contributed by atoms with van der Waals surface area (Å²) in [6.45, 7) is 0. The molecule has 2 rings (SSSR count). The smallest absolute Gasteiger partial charge is 0.360 e. The van der Waals surface area contributed by atoms with Gasteiger partial charge in [-0.25, -0.2) is 9.78 Å². The standard InChI is InChI=1S/C10H13N3O3S/c11-10-12-7(5-17-10)8(9(14)15)13-16-6-3-1-2-4-6/h5-6H,1-4H2,(H2,11,12)(H,14,15)/b13-8+. The molecule has 3 N–H and O–H groups in total. The molecule has 1 saturated carbocycles. The van der Waals surface area contributed by atoms with Crippen LogP contribution >= 0.6 is 11.3 Å². The van der Waals surface area contributed by atoms with Gasteiger partial charge in [-0.15, -0.1) is 11.3 Å². The largest absolute Gasteiger partial charge is 0.476 e. The summed E-state index contributed by atoms with van der Waals surface area (Å²) in [6.07, 6.45) is 4.09. The Morgan fingerprint density at radius 3 is 2.82 bits per heavy atom. The maximum atomic E-state index is 11.0. The van der Waals surface area contributed by atoms with Crippen molar-refractivity contribution in [3.05, 3.63) is 11.1 Å². The summed E-state index contributed by atoms with van der Waals surface area (Å²) in [5, 5.41) is 14.6. The predicted molar refractivity (Wildman–Crippen MR) is 64.0 cm³/mol. The summed E-state index contributed by atoms with van der Waals surface area (Å²) in [7, 11) is 0. The number of hydrogen-bond acceptors (Lipinski definition) is 6. The number of carboxylic acid groups (broad SMARTS) is 1. The average Bonchev–Trinajstić information content (AvgIpc) is 2.90. The van der Waals surface area contributed by atoms with Gasteiger partial charge >= 0.3 is 5.97 Å². The Morgan fingerprint density at radius 2 is 2.29 bits per heavy atom. The number of oxime groups is 1. The molecule has 1 fully saturated rings. The van der Waals surface area contributed by atoms with Gasteiger partial charge in [0.1, 0.15) is 11.8 Å². The number of carbonyl (C=O) groups is 1. The van der Waals surface area contributed by atoms with Gasteiger partial charge in [-0.1, -0.05) is 5.16 Å². The number of thiazole rings is 1. The van der Waals surface area contributed by atoms with E-state index in [9.17, 15) is 4.79 Å². The minimum Gasteiger partial charge on any atom is -0.476 e. The van der Waals surface area contributed by atoms with Gasteiger partial charge in [0.05, 0.1) is 0 Å². The first-order valence-electron chi connectivity index (χ1n) is 5.35. The highest BCUT2D eigenvalue weighted by Crippen LogP contribution is 2.21. The molecular formula is C10H13N3O3S. The second-order valence-electron chi connectivity index (χ2n) is 3.83. The van der Waals surface area contributed by atoms with Crippen molar-refractivity contribution in [3.63, 3.8) is 0 Å². The topological polar surface area (TPSA) is 97.8 Å². The number of hydrogen-bond donors (Lipinski definition) is 2. The molecule has 92 valence electrons. The first-order valence-corrected chi connectivity index (χ1v) is 6.23. The lowest BCUT2D eigenvalue weighted by Crippen LogP contribution is -2.17. The number of rotatable bonds is 4. The summed E-state index contributed by atoms with van der Waals surface area (Å²) >= 11 is 1.18. The molecule has 0 spiro atoms. The summed E-state index contributed by atoms with van der Waals surface area (Å²) < 4.78 is 0. The lowest BCUT2D eigenvalue weighted by atomic mass is 10.3. The number of carboxylic acids is 1. The molecule has 0 aromatic carbocycles. The number of anilines is 1. The summed E-state index contributed by atoms with van der Waals surface area (Å²) in [4.78, 5) is 20.1. The van der Waals surface area contributed by atoms with Crippen molar-refractivity contribution in [1.82, 2.24) is 4.98 Å². The van der Waals surface area contributed by atoms with Crippen molar-refractivity contribution in [2.45, 2.75) is 31.8 Å². The molecule has 1 aliphatic carbocycles. The fourth-order valence-corrected chi connectivity index (χ4v) is 2.26. The Balaban J connectivity index is 2.11. The van der Waals surface area contributed by atoms with Gasteiger partial charge < -0.3 is 15.7 Å². The van der Waals surface area contributed by atoms with Crippen LogP contribution in [0.2, 0.25) is 0 Å². The first kappa shape index (κ1) is 11.8. The SMILES string of the molecule is Nc1nc(/C(=N\OC2CCCC2)C(=O)O)cs1. The molecule has 1 aromatic rings. The van der Waals surface area contributed by atoms with Crippen LogP contribution in [0.3, 0.4) is 0 Å². The normalized spacial score (nSPS) is 17.3. The van der Waals surface area contributed by atoms with Crippen molar-refractivity contribution in [2.24, 2.45) is 5.16 Å². The molecule has 0 radical (unpaired) electrons. The number of nitrogens with two attached hydrogens (primary N) is 1. The van der Waals surface area contributed by atoms with E-state index in [1.54, 1.807) is 5.38 Å². The third-order valence-electron chi connectivity index (χ3n) is 2.56. The molecule has 0 aliphatic heterocycles. The van der Waals surface area contributed by atoms with E-state index >= 15 is 0 Å². The minimum atomic E-state index is -1.16. The molecular weight excluding hydrogens is 242 g/mol. The van der Waals surface area contributed by atoms with Crippen molar-refractivity contribution >= 4 is 28.1 Å². The highest BCUT2D eigenvalue weighted by Gasteiger charge is 2.20. The molecule has 7 heteroatoms. The van der Waals surface area contributed by atoms with Crippen LogP contribution in [-0.4, -0.2) is 27.9 Å². The van der Waals surface area contributed by atoms with Crippen LogP contribution in [0.1, 0.15) is 31.4 Å². The van der Waals surface area contributed by atoms with Crippen LogP contribution in [0, 0.1) is 0 Å². The van der Waals surface area contributed by atoms with Crippen molar-refractivity contribution in [3.8, 4) is 0 Å². The highest BCUT2D eigenvalue weighted by atomic mass is 32.1. The van der Waals surface area contributed by atoms with Crippen LogP contribution in [0.4, 0.5) is 5.13 Å². The van der Waals surface area contributed by atoms with Crippen molar-refractivity contribution < 1.29 is 14.7 Å². The monoisotopic (exact) mass is 255 g/mol. The fourth-order valence-electron chi connectivity index (χ4n) is 1.71. The Labute approximate surface area is 102 Å². The number of aromatic nitrogens is 1. The molecule has 0 unspecified atom stereocenters. The maximum Gasteiger partial charge on any atom is 0.360 e. The Bertz CT molecular complexity index is 438. The summed E-state index contributed by atoms with van der Waals surface area (Å²) in [6, 6.07) is 0. The third kappa shape index (κ3) is 2.94. The number of nitrogens with zero attached hydrogens (tertiary/aromatic N) is 2. The zero-order valence-electron chi connectivity index (χ0n) is 9.13. The molecule has 0 amide bonds. The molecule has 1 aromatic heterocycles. The Kier molecular flexibility index (Phi) is 3.58. The minimum absolute atomic E-state index is 0.0281. The van der Waals surface area contributed by atoms with E-state index in [0.29, 0.717) is 5.13 Å². The first-order chi connectivity index (χ1) is 8.16. The summed E-state index contributed by atoms with van der Waals surface area (Å²) in [5.74, 6) is -1.16. The van der Waals surface area contributed by atoms with Crippen LogP contribution in [0.25, 0.3) is 0 Å². The van der Waals surface area contributed by atoms with Gasteiger partial charge in [0.2, 0.25) is 5.71 Å². The van der Waals surface area contributed by atoms with Gasteiger partial charge in [-0.2, -0.15) is 0 Å². The number of nitrogen functional groups attached to an aromatic ring is 1. The number of aliphatic carboxylic acids is 1. The lowest BCUT2D eigenvalue weighted by Gasteiger charge is -2.06.